The normalized spacial score (nSPS) is 13.7. The van der Waals surface area contributed by atoms with E-state index in [0.29, 0.717) is 29.5 Å². The van der Waals surface area contributed by atoms with Gasteiger partial charge in [0.2, 0.25) is 0 Å². The summed E-state index contributed by atoms with van der Waals surface area (Å²) in [6.07, 6.45) is 2.66. The number of para-hydroxylation sites is 1. The van der Waals surface area contributed by atoms with Crippen LogP contribution < -0.4 is 9.47 Å². The molecular formula is C21H16N2O2S. The number of hydrogen-bond acceptors (Lipinski definition) is 5. The van der Waals surface area contributed by atoms with E-state index in [2.05, 4.69) is 11.1 Å². The lowest BCUT2D eigenvalue weighted by Gasteiger charge is -2.10. The maximum atomic E-state index is 9.66. The molecule has 3 aromatic rings. The van der Waals surface area contributed by atoms with E-state index in [9.17, 15) is 5.26 Å². The SMILES string of the molecule is N#C/C(=C\c1cccc2c1OCCCO2)c1nc(-c2ccccc2)cs1. The van der Waals surface area contributed by atoms with E-state index in [1.54, 1.807) is 0 Å². The van der Waals surface area contributed by atoms with Crippen LogP contribution in [-0.4, -0.2) is 18.2 Å². The van der Waals surface area contributed by atoms with E-state index in [4.69, 9.17) is 9.47 Å². The van der Waals surface area contributed by atoms with Gasteiger partial charge in [-0.15, -0.1) is 11.3 Å². The Morgan fingerprint density at radius 1 is 1.08 bits per heavy atom. The van der Waals surface area contributed by atoms with Crippen molar-refractivity contribution >= 4 is 23.0 Å². The number of nitrogens with zero attached hydrogens (tertiary/aromatic N) is 2. The van der Waals surface area contributed by atoms with Gasteiger partial charge in [-0.2, -0.15) is 5.26 Å². The first-order valence-electron chi connectivity index (χ1n) is 8.37. The highest BCUT2D eigenvalue weighted by Crippen LogP contribution is 2.36. The van der Waals surface area contributed by atoms with Crippen LogP contribution in [0.4, 0.5) is 0 Å². The quantitative estimate of drug-likeness (QED) is 0.614. The fourth-order valence-electron chi connectivity index (χ4n) is 2.77. The molecule has 0 aliphatic carbocycles. The predicted molar refractivity (Wildman–Crippen MR) is 103 cm³/mol. The van der Waals surface area contributed by atoms with Gasteiger partial charge >= 0.3 is 0 Å². The van der Waals surface area contributed by atoms with E-state index >= 15 is 0 Å². The lowest BCUT2D eigenvalue weighted by molar-refractivity contribution is 0.296. The molecule has 1 aliphatic heterocycles. The van der Waals surface area contributed by atoms with E-state index < -0.39 is 0 Å². The second kappa shape index (κ2) is 7.42. The summed E-state index contributed by atoms with van der Waals surface area (Å²) in [4.78, 5) is 4.63. The number of thiazole rings is 1. The van der Waals surface area contributed by atoms with Crippen molar-refractivity contribution in [2.45, 2.75) is 6.42 Å². The number of aromatic nitrogens is 1. The standard InChI is InChI=1S/C21H16N2O2S/c22-13-17(21-23-18(14-26-21)15-6-2-1-3-7-15)12-16-8-4-9-19-20(16)25-11-5-10-24-19/h1-4,6-9,12,14H,5,10-11H2/b17-12+. The van der Waals surface area contributed by atoms with Crippen LogP contribution in [-0.2, 0) is 0 Å². The summed E-state index contributed by atoms with van der Waals surface area (Å²) in [7, 11) is 0. The van der Waals surface area contributed by atoms with Crippen molar-refractivity contribution in [3.05, 3.63) is 64.5 Å². The van der Waals surface area contributed by atoms with Crippen LogP contribution in [0.25, 0.3) is 22.9 Å². The first-order chi connectivity index (χ1) is 12.8. The number of ether oxygens (including phenoxy) is 2. The van der Waals surface area contributed by atoms with Gasteiger partial charge in [0.05, 0.1) is 24.5 Å². The minimum Gasteiger partial charge on any atom is -0.490 e. The van der Waals surface area contributed by atoms with Gasteiger partial charge in [-0.05, 0) is 12.1 Å². The van der Waals surface area contributed by atoms with E-state index in [1.165, 1.54) is 11.3 Å². The van der Waals surface area contributed by atoms with Crippen LogP contribution in [0.1, 0.15) is 17.0 Å². The zero-order valence-electron chi connectivity index (χ0n) is 14.0. The van der Waals surface area contributed by atoms with Gasteiger partial charge in [-0.1, -0.05) is 42.5 Å². The zero-order valence-corrected chi connectivity index (χ0v) is 14.8. The molecule has 5 heteroatoms. The monoisotopic (exact) mass is 360 g/mol. The van der Waals surface area contributed by atoms with Gasteiger partial charge in [0.15, 0.2) is 11.5 Å². The molecule has 0 saturated heterocycles. The highest BCUT2D eigenvalue weighted by atomic mass is 32.1. The van der Waals surface area contributed by atoms with Crippen LogP contribution in [0.15, 0.2) is 53.9 Å². The van der Waals surface area contributed by atoms with Crippen molar-refractivity contribution < 1.29 is 9.47 Å². The van der Waals surface area contributed by atoms with Crippen molar-refractivity contribution in [2.24, 2.45) is 0 Å². The van der Waals surface area contributed by atoms with Crippen molar-refractivity contribution in [1.29, 1.82) is 5.26 Å². The Kier molecular flexibility index (Phi) is 4.67. The molecule has 0 radical (unpaired) electrons. The van der Waals surface area contributed by atoms with Crippen LogP contribution in [0.3, 0.4) is 0 Å². The Morgan fingerprint density at radius 2 is 1.92 bits per heavy atom. The number of allylic oxidation sites excluding steroid dienone is 1. The largest absolute Gasteiger partial charge is 0.490 e. The Hall–Kier alpha value is -3.10. The number of hydrogen-bond donors (Lipinski definition) is 0. The highest BCUT2D eigenvalue weighted by Gasteiger charge is 2.15. The lowest BCUT2D eigenvalue weighted by atomic mass is 10.1. The summed E-state index contributed by atoms with van der Waals surface area (Å²) in [6.45, 7) is 1.24. The summed E-state index contributed by atoms with van der Waals surface area (Å²) in [5.74, 6) is 1.41. The molecule has 0 unspecified atom stereocenters. The van der Waals surface area contributed by atoms with Gasteiger partial charge in [-0.25, -0.2) is 4.98 Å². The summed E-state index contributed by atoms with van der Waals surface area (Å²) < 4.78 is 11.6. The minimum atomic E-state index is 0.512. The van der Waals surface area contributed by atoms with Crippen LogP contribution in [0, 0.1) is 11.3 Å². The third-order valence-electron chi connectivity index (χ3n) is 4.03. The Bertz CT molecular complexity index is 987. The predicted octanol–water partition coefficient (Wildman–Crippen LogP) is 5.04. The third-order valence-corrected chi connectivity index (χ3v) is 4.90. The fraction of sp³-hybridized carbons (Fsp3) is 0.143. The molecule has 0 bridgehead atoms. The second-order valence-corrected chi connectivity index (χ2v) is 6.66. The molecule has 4 rings (SSSR count). The van der Waals surface area contributed by atoms with Crippen LogP contribution >= 0.6 is 11.3 Å². The molecule has 0 N–H and O–H groups in total. The molecule has 26 heavy (non-hydrogen) atoms. The van der Waals surface area contributed by atoms with Gasteiger partial charge in [0.25, 0.3) is 0 Å². The fourth-order valence-corrected chi connectivity index (χ4v) is 3.56. The molecule has 128 valence electrons. The molecule has 0 fully saturated rings. The van der Waals surface area contributed by atoms with Crippen molar-refractivity contribution in [2.75, 3.05) is 13.2 Å². The molecule has 1 aliphatic rings. The van der Waals surface area contributed by atoms with Gasteiger partial charge in [0, 0.05) is 22.9 Å². The molecule has 4 nitrogen and oxygen atoms in total. The van der Waals surface area contributed by atoms with Crippen molar-refractivity contribution in [3.63, 3.8) is 0 Å². The van der Waals surface area contributed by atoms with Gasteiger partial charge in [0.1, 0.15) is 11.1 Å². The summed E-state index contributed by atoms with van der Waals surface area (Å²) in [5.41, 5.74) is 3.26. The molecule has 0 atom stereocenters. The molecule has 2 aromatic carbocycles. The maximum absolute atomic E-state index is 9.66. The van der Waals surface area contributed by atoms with Gasteiger partial charge in [-0.3, -0.25) is 0 Å². The molecule has 2 heterocycles. The minimum absolute atomic E-state index is 0.512. The number of nitriles is 1. The highest BCUT2D eigenvalue weighted by molar-refractivity contribution is 7.11. The number of rotatable bonds is 3. The third kappa shape index (κ3) is 3.32. The average molecular weight is 360 g/mol. The molecule has 0 spiro atoms. The van der Waals surface area contributed by atoms with Crippen molar-refractivity contribution in [3.8, 4) is 28.8 Å². The zero-order chi connectivity index (χ0) is 17.8. The van der Waals surface area contributed by atoms with E-state index in [1.807, 2.05) is 60.0 Å². The summed E-state index contributed by atoms with van der Waals surface area (Å²) in [6, 6.07) is 17.9. The first-order valence-corrected chi connectivity index (χ1v) is 9.25. The first kappa shape index (κ1) is 16.4. The second-order valence-electron chi connectivity index (χ2n) is 5.80. The molecule has 1 aromatic heterocycles. The van der Waals surface area contributed by atoms with E-state index in [-0.39, 0.29) is 0 Å². The van der Waals surface area contributed by atoms with Gasteiger partial charge < -0.3 is 9.47 Å². The summed E-state index contributed by atoms with van der Waals surface area (Å²) >= 11 is 1.46. The Labute approximate surface area is 156 Å². The average Bonchev–Trinajstić information content (AvgIpc) is 3.05. The number of benzene rings is 2. The Balaban J connectivity index is 1.71. The maximum Gasteiger partial charge on any atom is 0.168 e. The number of fused-ring (bicyclic) bond motifs is 1. The Morgan fingerprint density at radius 3 is 2.77 bits per heavy atom. The summed E-state index contributed by atoms with van der Waals surface area (Å²) in [5, 5.41) is 12.3. The molecule has 0 amide bonds. The smallest absolute Gasteiger partial charge is 0.168 e. The van der Waals surface area contributed by atoms with Crippen LogP contribution in [0.5, 0.6) is 11.5 Å². The molecule has 0 saturated carbocycles. The molecular weight excluding hydrogens is 344 g/mol. The lowest BCUT2D eigenvalue weighted by Crippen LogP contribution is -1.98. The van der Waals surface area contributed by atoms with Crippen molar-refractivity contribution in [1.82, 2.24) is 4.98 Å². The topological polar surface area (TPSA) is 55.1 Å². The van der Waals surface area contributed by atoms with Crippen LogP contribution in [0.2, 0.25) is 0 Å². The van der Waals surface area contributed by atoms with E-state index in [0.717, 1.165) is 29.0 Å².